The molecule has 0 spiro atoms. The van der Waals surface area contributed by atoms with E-state index in [0.29, 0.717) is 22.5 Å². The molecular weight excluding hydrogens is 312 g/mol. The van der Waals surface area contributed by atoms with Crippen molar-refractivity contribution in [3.63, 3.8) is 0 Å². The summed E-state index contributed by atoms with van der Waals surface area (Å²) >= 11 is 7.32. The van der Waals surface area contributed by atoms with Gasteiger partial charge in [0.2, 0.25) is 11.0 Å². The highest BCUT2D eigenvalue weighted by atomic mass is 35.5. The number of anilines is 1. The standard InChI is InChI=1S/C13H15ClN4O2S/c14-9-4-1-2-5-10(9)20-7-3-6-12-17-18-13(21-12)16-11(19)8-15/h1-2,4-5H,3,6-8,15H2,(H,16,18,19). The number of rotatable bonds is 7. The molecule has 0 radical (unpaired) electrons. The van der Waals surface area contributed by atoms with Gasteiger partial charge < -0.3 is 10.5 Å². The van der Waals surface area contributed by atoms with Crippen LogP contribution in [0.25, 0.3) is 0 Å². The second-order valence-corrected chi connectivity index (χ2v) is 5.60. The summed E-state index contributed by atoms with van der Waals surface area (Å²) in [5, 5.41) is 12.3. The molecule has 112 valence electrons. The van der Waals surface area contributed by atoms with E-state index in [4.69, 9.17) is 22.1 Å². The molecule has 21 heavy (non-hydrogen) atoms. The second kappa shape index (κ2) is 7.92. The summed E-state index contributed by atoms with van der Waals surface area (Å²) in [6.07, 6.45) is 1.51. The van der Waals surface area contributed by atoms with Crippen molar-refractivity contribution in [1.29, 1.82) is 0 Å². The molecule has 0 aliphatic carbocycles. The van der Waals surface area contributed by atoms with Crippen molar-refractivity contribution in [3.05, 3.63) is 34.3 Å². The van der Waals surface area contributed by atoms with Gasteiger partial charge in [0.1, 0.15) is 10.8 Å². The van der Waals surface area contributed by atoms with Gasteiger partial charge in [-0.2, -0.15) is 0 Å². The number of carbonyl (C=O) groups is 1. The highest BCUT2D eigenvalue weighted by Gasteiger charge is 2.07. The van der Waals surface area contributed by atoms with Crippen molar-refractivity contribution in [2.75, 3.05) is 18.5 Å². The fourth-order valence-electron chi connectivity index (χ4n) is 1.54. The predicted molar refractivity (Wildman–Crippen MR) is 82.9 cm³/mol. The maximum absolute atomic E-state index is 11.1. The van der Waals surface area contributed by atoms with Crippen molar-refractivity contribution in [2.45, 2.75) is 12.8 Å². The summed E-state index contributed by atoms with van der Waals surface area (Å²) in [4.78, 5) is 11.1. The number of nitrogens with two attached hydrogens (primary N) is 1. The van der Waals surface area contributed by atoms with E-state index in [1.165, 1.54) is 11.3 Å². The second-order valence-electron chi connectivity index (χ2n) is 4.14. The van der Waals surface area contributed by atoms with Crippen molar-refractivity contribution in [2.24, 2.45) is 5.73 Å². The average Bonchev–Trinajstić information content (AvgIpc) is 2.92. The van der Waals surface area contributed by atoms with E-state index in [0.717, 1.165) is 17.8 Å². The molecule has 0 saturated carbocycles. The van der Waals surface area contributed by atoms with E-state index in [2.05, 4.69) is 15.5 Å². The highest BCUT2D eigenvalue weighted by Crippen LogP contribution is 2.23. The Morgan fingerprint density at radius 2 is 2.19 bits per heavy atom. The number of nitrogens with one attached hydrogen (secondary N) is 1. The Kier molecular flexibility index (Phi) is 5.91. The maximum atomic E-state index is 11.1. The number of carbonyl (C=O) groups excluding carboxylic acids is 1. The van der Waals surface area contributed by atoms with Crippen LogP contribution in [0.15, 0.2) is 24.3 Å². The van der Waals surface area contributed by atoms with E-state index in [1.807, 2.05) is 18.2 Å². The number of nitrogens with zero attached hydrogens (tertiary/aromatic N) is 2. The molecule has 6 nitrogen and oxygen atoms in total. The topological polar surface area (TPSA) is 90.1 Å². The van der Waals surface area contributed by atoms with E-state index < -0.39 is 0 Å². The van der Waals surface area contributed by atoms with Gasteiger partial charge in [-0.15, -0.1) is 10.2 Å². The van der Waals surface area contributed by atoms with Crippen molar-refractivity contribution < 1.29 is 9.53 Å². The zero-order valence-corrected chi connectivity index (χ0v) is 12.8. The zero-order chi connectivity index (χ0) is 15.1. The summed E-state index contributed by atoms with van der Waals surface area (Å²) < 4.78 is 5.59. The van der Waals surface area contributed by atoms with E-state index in [-0.39, 0.29) is 12.5 Å². The van der Waals surface area contributed by atoms with Crippen LogP contribution in [0.2, 0.25) is 5.02 Å². The van der Waals surface area contributed by atoms with Gasteiger partial charge in [-0.1, -0.05) is 35.1 Å². The number of aromatic nitrogens is 2. The van der Waals surface area contributed by atoms with Crippen LogP contribution in [-0.4, -0.2) is 29.3 Å². The monoisotopic (exact) mass is 326 g/mol. The first-order chi connectivity index (χ1) is 10.2. The lowest BCUT2D eigenvalue weighted by atomic mass is 10.3. The van der Waals surface area contributed by atoms with Crippen molar-refractivity contribution >= 4 is 34.0 Å². The number of halogens is 1. The van der Waals surface area contributed by atoms with Gasteiger partial charge in [0.15, 0.2) is 0 Å². The molecule has 2 aromatic rings. The molecule has 0 atom stereocenters. The Labute approximate surface area is 131 Å². The number of amides is 1. The predicted octanol–water partition coefficient (Wildman–Crippen LogP) is 2.10. The quantitative estimate of drug-likeness (QED) is 0.760. The third-order valence-corrected chi connectivity index (χ3v) is 3.74. The summed E-state index contributed by atoms with van der Waals surface area (Å²) in [7, 11) is 0. The Morgan fingerprint density at radius 3 is 2.95 bits per heavy atom. The summed E-state index contributed by atoms with van der Waals surface area (Å²) in [5.41, 5.74) is 5.21. The van der Waals surface area contributed by atoms with Crippen LogP contribution in [0.5, 0.6) is 5.75 Å². The number of hydrogen-bond donors (Lipinski definition) is 2. The van der Waals surface area contributed by atoms with Crippen LogP contribution >= 0.6 is 22.9 Å². The Bertz CT molecular complexity index is 605. The lowest BCUT2D eigenvalue weighted by Crippen LogP contribution is -2.21. The number of hydrogen-bond acceptors (Lipinski definition) is 6. The smallest absolute Gasteiger partial charge is 0.239 e. The third-order valence-electron chi connectivity index (χ3n) is 2.53. The number of para-hydroxylation sites is 1. The summed E-state index contributed by atoms with van der Waals surface area (Å²) in [5.74, 6) is 0.395. The molecule has 2 rings (SSSR count). The van der Waals surface area contributed by atoms with Gasteiger partial charge in [0.25, 0.3) is 0 Å². The fourth-order valence-corrected chi connectivity index (χ4v) is 2.53. The molecule has 0 saturated heterocycles. The largest absolute Gasteiger partial charge is 0.492 e. The minimum atomic E-state index is -0.278. The normalized spacial score (nSPS) is 10.4. The van der Waals surface area contributed by atoms with Crippen molar-refractivity contribution in [1.82, 2.24) is 10.2 Å². The summed E-state index contributed by atoms with van der Waals surface area (Å²) in [6.45, 7) is 0.467. The van der Waals surface area contributed by atoms with Gasteiger partial charge in [0, 0.05) is 6.42 Å². The minimum absolute atomic E-state index is 0.0689. The molecule has 0 aliphatic rings. The number of benzene rings is 1. The molecule has 0 fully saturated rings. The van der Waals surface area contributed by atoms with Crippen LogP contribution in [0.3, 0.4) is 0 Å². The molecule has 8 heteroatoms. The van der Waals surface area contributed by atoms with E-state index >= 15 is 0 Å². The molecular formula is C13H15ClN4O2S. The van der Waals surface area contributed by atoms with Gasteiger partial charge in [-0.05, 0) is 18.6 Å². The Balaban J connectivity index is 1.74. The molecule has 3 N–H and O–H groups in total. The molecule has 1 amide bonds. The molecule has 0 aliphatic heterocycles. The SMILES string of the molecule is NCC(=O)Nc1nnc(CCCOc2ccccc2Cl)s1. The van der Waals surface area contributed by atoms with Gasteiger partial charge in [-0.25, -0.2) is 0 Å². The van der Waals surface area contributed by atoms with E-state index in [1.54, 1.807) is 6.07 Å². The van der Waals surface area contributed by atoms with Crippen LogP contribution in [0, 0.1) is 0 Å². The Hall–Kier alpha value is -1.70. The van der Waals surface area contributed by atoms with E-state index in [9.17, 15) is 4.79 Å². The number of aryl methyl sites for hydroxylation is 1. The molecule has 1 aromatic carbocycles. The van der Waals surface area contributed by atoms with Gasteiger partial charge in [0.05, 0.1) is 18.2 Å². The first kappa shape index (κ1) is 15.7. The zero-order valence-electron chi connectivity index (χ0n) is 11.2. The average molecular weight is 327 g/mol. The highest BCUT2D eigenvalue weighted by molar-refractivity contribution is 7.15. The van der Waals surface area contributed by atoms with Gasteiger partial charge in [-0.3, -0.25) is 10.1 Å². The van der Waals surface area contributed by atoms with Crippen LogP contribution in [0.4, 0.5) is 5.13 Å². The van der Waals surface area contributed by atoms with Crippen LogP contribution < -0.4 is 15.8 Å². The molecule has 1 aromatic heterocycles. The van der Waals surface area contributed by atoms with Crippen LogP contribution in [-0.2, 0) is 11.2 Å². The Morgan fingerprint density at radius 1 is 1.38 bits per heavy atom. The first-order valence-electron chi connectivity index (χ1n) is 6.38. The lowest BCUT2D eigenvalue weighted by molar-refractivity contribution is -0.114. The van der Waals surface area contributed by atoms with Gasteiger partial charge >= 0.3 is 0 Å². The molecule has 1 heterocycles. The fraction of sp³-hybridized carbons (Fsp3) is 0.308. The third kappa shape index (κ3) is 4.96. The summed E-state index contributed by atoms with van der Waals surface area (Å²) in [6, 6.07) is 7.34. The molecule has 0 bridgehead atoms. The lowest BCUT2D eigenvalue weighted by Gasteiger charge is -2.06. The van der Waals surface area contributed by atoms with Crippen LogP contribution in [0.1, 0.15) is 11.4 Å². The van der Waals surface area contributed by atoms with Crippen molar-refractivity contribution in [3.8, 4) is 5.75 Å². The maximum Gasteiger partial charge on any atom is 0.239 e. The molecule has 0 unspecified atom stereocenters. The first-order valence-corrected chi connectivity index (χ1v) is 7.58. The minimum Gasteiger partial charge on any atom is -0.492 e. The number of ether oxygens (including phenoxy) is 1.